The van der Waals surface area contributed by atoms with Gasteiger partial charge in [0, 0.05) is 49.2 Å². The molecule has 1 saturated heterocycles. The van der Waals surface area contributed by atoms with Gasteiger partial charge in [-0.3, -0.25) is 19.2 Å². The van der Waals surface area contributed by atoms with Gasteiger partial charge in [-0.2, -0.15) is 18.3 Å². The van der Waals surface area contributed by atoms with Crippen LogP contribution in [-0.4, -0.2) is 68.4 Å². The predicted molar refractivity (Wildman–Crippen MR) is 132 cm³/mol. The van der Waals surface area contributed by atoms with Crippen LogP contribution in [0.1, 0.15) is 55.5 Å². The second-order valence-corrected chi connectivity index (χ2v) is 10.6. The van der Waals surface area contributed by atoms with Crippen LogP contribution in [0.5, 0.6) is 0 Å². The largest absolute Gasteiger partial charge is 0.390 e. The van der Waals surface area contributed by atoms with E-state index in [0.29, 0.717) is 35.5 Å². The average Bonchev–Trinajstić information content (AvgIpc) is 3.20. The molecule has 2 atom stereocenters. The molecule has 1 aromatic carbocycles. The van der Waals surface area contributed by atoms with Crippen molar-refractivity contribution in [3.63, 3.8) is 0 Å². The van der Waals surface area contributed by atoms with Gasteiger partial charge >= 0.3 is 6.18 Å². The summed E-state index contributed by atoms with van der Waals surface area (Å²) in [6, 6.07) is 3.27. The van der Waals surface area contributed by atoms with E-state index in [4.69, 9.17) is 0 Å². The summed E-state index contributed by atoms with van der Waals surface area (Å²) >= 11 is 0. The van der Waals surface area contributed by atoms with Crippen molar-refractivity contribution in [3.05, 3.63) is 39.8 Å². The number of hydrogen-bond acceptors (Lipinski definition) is 4. The van der Waals surface area contributed by atoms with Crippen molar-refractivity contribution in [1.29, 1.82) is 0 Å². The number of halogens is 3. The number of alkyl halides is 3. The van der Waals surface area contributed by atoms with Crippen molar-refractivity contribution in [3.8, 4) is 0 Å². The summed E-state index contributed by atoms with van der Waals surface area (Å²) < 4.78 is 40.1. The van der Waals surface area contributed by atoms with E-state index in [2.05, 4.69) is 10.1 Å². The van der Waals surface area contributed by atoms with Crippen LogP contribution in [0.25, 0.3) is 21.8 Å². The highest BCUT2D eigenvalue weighted by molar-refractivity contribution is 6.07. The predicted octanol–water partition coefficient (Wildman–Crippen LogP) is 4.47. The van der Waals surface area contributed by atoms with Gasteiger partial charge in [-0.15, -0.1) is 0 Å². The van der Waals surface area contributed by atoms with Crippen LogP contribution in [0.15, 0.2) is 23.1 Å². The van der Waals surface area contributed by atoms with Gasteiger partial charge in [0.05, 0.1) is 29.0 Å². The molecule has 2 aromatic heterocycles. The second kappa shape index (κ2) is 9.21. The zero-order valence-corrected chi connectivity index (χ0v) is 20.9. The first kappa shape index (κ1) is 24.8. The Morgan fingerprint density at radius 2 is 1.89 bits per heavy atom. The molecule has 2 aliphatic rings. The minimum absolute atomic E-state index is 0.0671. The highest BCUT2D eigenvalue weighted by atomic mass is 19.4. The molecule has 1 amide bonds. The molecule has 1 saturated carbocycles. The summed E-state index contributed by atoms with van der Waals surface area (Å²) in [5.74, 6) is 0.401. The van der Waals surface area contributed by atoms with Crippen LogP contribution in [-0.2, 0) is 6.54 Å². The second-order valence-electron chi connectivity index (χ2n) is 10.6. The van der Waals surface area contributed by atoms with Crippen LogP contribution in [0.4, 0.5) is 13.2 Å². The van der Waals surface area contributed by atoms with Crippen LogP contribution >= 0.6 is 0 Å². The van der Waals surface area contributed by atoms with Crippen LogP contribution in [0.3, 0.4) is 0 Å². The number of H-pyrrole nitrogens is 1. The zero-order valence-electron chi connectivity index (χ0n) is 20.9. The number of rotatable bonds is 5. The fraction of sp³-hybridized carbons (Fsp3) is 0.577. The number of aromatic nitrogens is 3. The van der Waals surface area contributed by atoms with Crippen molar-refractivity contribution in [2.75, 3.05) is 19.6 Å². The summed E-state index contributed by atoms with van der Waals surface area (Å²) in [4.78, 5) is 33.0. The first-order valence-electron chi connectivity index (χ1n) is 12.7. The maximum atomic E-state index is 13.7. The number of hydrogen-bond donors (Lipinski definition) is 1. The van der Waals surface area contributed by atoms with Crippen LogP contribution < -0.4 is 5.56 Å². The van der Waals surface area contributed by atoms with Gasteiger partial charge in [0.1, 0.15) is 0 Å². The van der Waals surface area contributed by atoms with Crippen LogP contribution in [0.2, 0.25) is 0 Å². The SMILES string of the molecule is Cc1cc2[nH]c(=O)c3cnn(CC4CCC4)c3c2cc1C(=O)N1C[C@@H](C)N(CCC(F)(F)F)C[C@@H]1C. The Kier molecular flexibility index (Phi) is 6.34. The standard InChI is InChI=1S/C26H32F3N5O2/c1-15-9-22-20(23-21(24(35)31-22)11-30-34(23)14-18-5-4-6-18)10-19(15)25(36)33-13-16(2)32(12-17(33)3)8-7-26(27,28)29/h9-11,16-18H,4-8,12-14H2,1-3H3,(H,31,35)/t16-,17+/m1/s1. The molecule has 1 aliphatic heterocycles. The fourth-order valence-corrected chi connectivity index (χ4v) is 5.54. The van der Waals surface area contributed by atoms with Gasteiger partial charge in [-0.25, -0.2) is 0 Å². The van der Waals surface area contributed by atoms with Crippen molar-refractivity contribution in [2.45, 2.75) is 71.3 Å². The number of carbonyl (C=O) groups excluding carboxylic acids is 1. The lowest BCUT2D eigenvalue weighted by atomic mass is 9.85. The van der Waals surface area contributed by atoms with Crippen molar-refractivity contribution >= 4 is 27.7 Å². The smallest absolute Gasteiger partial charge is 0.333 e. The van der Waals surface area contributed by atoms with E-state index in [-0.39, 0.29) is 30.1 Å². The summed E-state index contributed by atoms with van der Waals surface area (Å²) in [7, 11) is 0. The molecule has 0 radical (unpaired) electrons. The summed E-state index contributed by atoms with van der Waals surface area (Å²) in [5.41, 5.74) is 2.48. The van der Waals surface area contributed by atoms with Gasteiger partial charge in [0.15, 0.2) is 0 Å². The Bertz CT molecular complexity index is 1360. The van der Waals surface area contributed by atoms with Gasteiger partial charge in [0.2, 0.25) is 0 Å². The summed E-state index contributed by atoms with van der Waals surface area (Å²) in [5, 5.41) is 5.78. The molecule has 0 spiro atoms. The quantitative estimate of drug-likeness (QED) is 0.558. The number of aromatic amines is 1. The van der Waals surface area contributed by atoms with Crippen molar-refractivity contribution in [1.82, 2.24) is 24.6 Å². The lowest BCUT2D eigenvalue weighted by Gasteiger charge is -2.44. The number of amides is 1. The number of carbonyl (C=O) groups is 1. The maximum Gasteiger partial charge on any atom is 0.390 e. The molecule has 194 valence electrons. The van der Waals surface area contributed by atoms with E-state index in [1.165, 1.54) is 6.42 Å². The van der Waals surface area contributed by atoms with Crippen molar-refractivity contribution in [2.24, 2.45) is 5.92 Å². The minimum Gasteiger partial charge on any atom is -0.333 e. The van der Waals surface area contributed by atoms with E-state index < -0.39 is 12.6 Å². The molecule has 36 heavy (non-hydrogen) atoms. The third-order valence-corrected chi connectivity index (χ3v) is 7.90. The zero-order chi connectivity index (χ0) is 25.8. The maximum absolute atomic E-state index is 13.7. The normalized spacial score (nSPS) is 21.9. The van der Waals surface area contributed by atoms with E-state index in [1.807, 2.05) is 42.5 Å². The highest BCUT2D eigenvalue weighted by Crippen LogP contribution is 2.31. The molecule has 7 nitrogen and oxygen atoms in total. The Balaban J connectivity index is 1.47. The number of pyridine rings is 1. The Labute approximate surface area is 207 Å². The first-order valence-corrected chi connectivity index (χ1v) is 12.7. The molecule has 10 heteroatoms. The fourth-order valence-electron chi connectivity index (χ4n) is 5.54. The molecule has 3 aromatic rings. The molecule has 0 bridgehead atoms. The number of fused-ring (bicyclic) bond motifs is 3. The minimum atomic E-state index is -4.20. The Morgan fingerprint density at radius 1 is 1.14 bits per heavy atom. The average molecular weight is 504 g/mol. The summed E-state index contributed by atoms with van der Waals surface area (Å²) in [6.45, 7) is 7.01. The van der Waals surface area contributed by atoms with E-state index in [9.17, 15) is 22.8 Å². The molecular weight excluding hydrogens is 471 g/mol. The number of benzene rings is 1. The topological polar surface area (TPSA) is 74.2 Å². The van der Waals surface area contributed by atoms with E-state index >= 15 is 0 Å². The lowest BCUT2D eigenvalue weighted by Crippen LogP contribution is -2.58. The Morgan fingerprint density at radius 3 is 2.56 bits per heavy atom. The Hall–Kier alpha value is -2.88. The van der Waals surface area contributed by atoms with E-state index in [1.54, 1.807) is 11.1 Å². The molecule has 0 unspecified atom stereocenters. The van der Waals surface area contributed by atoms with Gasteiger partial charge in [-0.05, 0) is 57.2 Å². The molecule has 1 aliphatic carbocycles. The monoisotopic (exact) mass is 503 g/mol. The van der Waals surface area contributed by atoms with Gasteiger partial charge < -0.3 is 9.88 Å². The third-order valence-electron chi connectivity index (χ3n) is 7.90. The summed E-state index contributed by atoms with van der Waals surface area (Å²) in [6.07, 6.45) is 0.0491. The van der Waals surface area contributed by atoms with Gasteiger partial charge in [-0.1, -0.05) is 6.42 Å². The highest BCUT2D eigenvalue weighted by Gasteiger charge is 2.35. The number of piperazine rings is 1. The number of nitrogens with zero attached hydrogens (tertiary/aromatic N) is 4. The molecule has 5 rings (SSSR count). The molecule has 2 fully saturated rings. The molecule has 1 N–H and O–H groups in total. The van der Waals surface area contributed by atoms with Gasteiger partial charge in [0.25, 0.3) is 11.5 Å². The van der Waals surface area contributed by atoms with Crippen molar-refractivity contribution < 1.29 is 18.0 Å². The number of nitrogens with one attached hydrogen (secondary N) is 1. The molecular formula is C26H32F3N5O2. The van der Waals surface area contributed by atoms with E-state index in [0.717, 1.165) is 35.9 Å². The molecule has 3 heterocycles. The lowest BCUT2D eigenvalue weighted by molar-refractivity contribution is -0.140. The first-order chi connectivity index (χ1) is 17.0. The van der Waals surface area contributed by atoms with Crippen LogP contribution in [0, 0.1) is 12.8 Å². The third kappa shape index (κ3) is 4.63. The number of aryl methyl sites for hydroxylation is 1.